The summed E-state index contributed by atoms with van der Waals surface area (Å²) in [6, 6.07) is 29.2. The van der Waals surface area contributed by atoms with Crippen LogP contribution in [-0.4, -0.2) is 12.5 Å². The SMILES string of the molecule is C[C@H](NC(=O)C[NH2+][C@@H](c1ccccc1)c1cccs1)c1cccc2ccccc12. The molecule has 3 nitrogen and oxygen atoms in total. The van der Waals surface area contributed by atoms with E-state index in [1.165, 1.54) is 21.2 Å². The Labute approximate surface area is 175 Å². The fraction of sp³-hybridized carbons (Fsp3) is 0.160. The molecule has 0 aliphatic heterocycles. The zero-order valence-electron chi connectivity index (χ0n) is 16.4. The van der Waals surface area contributed by atoms with Crippen molar-refractivity contribution in [3.8, 4) is 0 Å². The van der Waals surface area contributed by atoms with Crippen LogP contribution in [0, 0.1) is 0 Å². The molecule has 1 amide bonds. The van der Waals surface area contributed by atoms with E-state index in [9.17, 15) is 4.79 Å². The van der Waals surface area contributed by atoms with Gasteiger partial charge in [0.05, 0.1) is 10.9 Å². The highest BCUT2D eigenvalue weighted by molar-refractivity contribution is 7.10. The first kappa shape index (κ1) is 19.4. The molecular weight excluding hydrogens is 376 g/mol. The highest BCUT2D eigenvalue weighted by atomic mass is 32.1. The van der Waals surface area contributed by atoms with Gasteiger partial charge in [0, 0.05) is 5.56 Å². The summed E-state index contributed by atoms with van der Waals surface area (Å²) in [4.78, 5) is 14.0. The van der Waals surface area contributed by atoms with Crippen molar-refractivity contribution in [2.24, 2.45) is 0 Å². The van der Waals surface area contributed by atoms with E-state index in [1.807, 2.05) is 37.3 Å². The standard InChI is InChI=1S/C25H24N2OS/c1-18(21-14-7-12-19-9-5-6-13-22(19)21)27-24(28)17-26-25(23-15-8-16-29-23)20-10-3-2-4-11-20/h2-16,18,25-26H,17H2,1H3,(H,27,28)/p+1/t18-,25-/m0/s1. The van der Waals surface area contributed by atoms with Crippen LogP contribution in [0.2, 0.25) is 0 Å². The fourth-order valence-corrected chi connectivity index (χ4v) is 4.63. The van der Waals surface area contributed by atoms with Gasteiger partial charge < -0.3 is 10.6 Å². The summed E-state index contributed by atoms with van der Waals surface area (Å²) in [6.07, 6.45) is 0. The van der Waals surface area contributed by atoms with Crippen molar-refractivity contribution in [3.63, 3.8) is 0 Å². The number of benzene rings is 3. The number of fused-ring (bicyclic) bond motifs is 1. The minimum absolute atomic E-state index is 0.0427. The van der Waals surface area contributed by atoms with Crippen LogP contribution in [0.4, 0.5) is 0 Å². The fourth-order valence-electron chi connectivity index (χ4n) is 3.78. The molecule has 29 heavy (non-hydrogen) atoms. The van der Waals surface area contributed by atoms with Crippen molar-refractivity contribution in [2.45, 2.75) is 19.0 Å². The Hall–Kier alpha value is -2.95. The van der Waals surface area contributed by atoms with Crippen LogP contribution in [0.3, 0.4) is 0 Å². The van der Waals surface area contributed by atoms with Gasteiger partial charge in [-0.3, -0.25) is 4.79 Å². The quantitative estimate of drug-likeness (QED) is 0.473. The predicted molar refractivity (Wildman–Crippen MR) is 120 cm³/mol. The second kappa shape index (κ2) is 9.03. The highest BCUT2D eigenvalue weighted by Crippen LogP contribution is 2.24. The Morgan fingerprint density at radius 1 is 0.931 bits per heavy atom. The number of carbonyl (C=O) groups excluding carboxylic acids is 1. The predicted octanol–water partition coefficient (Wildman–Crippen LogP) is 4.43. The van der Waals surface area contributed by atoms with Crippen LogP contribution in [-0.2, 0) is 4.79 Å². The van der Waals surface area contributed by atoms with Gasteiger partial charge in [-0.25, -0.2) is 0 Å². The molecule has 0 bridgehead atoms. The number of hydrogen-bond acceptors (Lipinski definition) is 2. The molecule has 4 aromatic rings. The highest BCUT2D eigenvalue weighted by Gasteiger charge is 2.20. The van der Waals surface area contributed by atoms with Crippen LogP contribution in [0.5, 0.6) is 0 Å². The maximum atomic E-state index is 12.7. The largest absolute Gasteiger partial charge is 0.345 e. The summed E-state index contributed by atoms with van der Waals surface area (Å²) in [6.45, 7) is 2.43. The first-order valence-corrected chi connectivity index (χ1v) is 10.8. The molecule has 0 saturated heterocycles. The van der Waals surface area contributed by atoms with Crippen molar-refractivity contribution >= 4 is 28.0 Å². The topological polar surface area (TPSA) is 45.7 Å². The lowest BCUT2D eigenvalue weighted by Gasteiger charge is -2.18. The normalized spacial score (nSPS) is 13.1. The van der Waals surface area contributed by atoms with E-state index in [-0.39, 0.29) is 18.0 Å². The first-order valence-electron chi connectivity index (χ1n) is 9.91. The number of nitrogens with two attached hydrogens (primary N) is 1. The lowest BCUT2D eigenvalue weighted by molar-refractivity contribution is -0.676. The second-order valence-electron chi connectivity index (χ2n) is 7.20. The zero-order valence-corrected chi connectivity index (χ0v) is 17.2. The van der Waals surface area contributed by atoms with Crippen molar-refractivity contribution in [2.75, 3.05) is 6.54 Å². The maximum Gasteiger partial charge on any atom is 0.275 e. The molecule has 1 aromatic heterocycles. The van der Waals surface area contributed by atoms with Gasteiger partial charge in [-0.15, -0.1) is 11.3 Å². The number of rotatable bonds is 7. The number of amides is 1. The lowest BCUT2D eigenvalue weighted by Crippen LogP contribution is -2.87. The number of quaternary nitrogens is 1. The average Bonchev–Trinajstić information content (AvgIpc) is 3.29. The number of hydrogen-bond donors (Lipinski definition) is 2. The first-order chi connectivity index (χ1) is 14.2. The molecule has 0 fully saturated rings. The van der Waals surface area contributed by atoms with E-state index in [4.69, 9.17) is 0 Å². The van der Waals surface area contributed by atoms with Gasteiger partial charge in [-0.05, 0) is 34.7 Å². The van der Waals surface area contributed by atoms with E-state index in [1.54, 1.807) is 11.3 Å². The molecule has 4 heteroatoms. The van der Waals surface area contributed by atoms with Gasteiger partial charge in [0.1, 0.15) is 6.04 Å². The molecule has 146 valence electrons. The summed E-state index contributed by atoms with van der Waals surface area (Å²) in [7, 11) is 0. The molecule has 0 aliphatic carbocycles. The second-order valence-corrected chi connectivity index (χ2v) is 8.18. The minimum Gasteiger partial charge on any atom is -0.345 e. The molecule has 0 radical (unpaired) electrons. The van der Waals surface area contributed by atoms with E-state index in [0.717, 1.165) is 5.56 Å². The Morgan fingerprint density at radius 2 is 1.69 bits per heavy atom. The molecular formula is C25H25N2OS+. The van der Waals surface area contributed by atoms with Crippen molar-refractivity contribution in [3.05, 3.63) is 106 Å². The van der Waals surface area contributed by atoms with E-state index < -0.39 is 0 Å². The molecule has 3 aromatic carbocycles. The Morgan fingerprint density at radius 3 is 2.48 bits per heavy atom. The summed E-state index contributed by atoms with van der Waals surface area (Å²) < 4.78 is 0. The van der Waals surface area contributed by atoms with Gasteiger partial charge in [0.25, 0.3) is 5.91 Å². The third kappa shape index (κ3) is 4.56. The van der Waals surface area contributed by atoms with Crippen LogP contribution in [0.25, 0.3) is 10.8 Å². The minimum atomic E-state index is -0.0427. The number of carbonyl (C=O) groups is 1. The Bertz CT molecular complexity index is 1070. The third-order valence-corrected chi connectivity index (χ3v) is 6.17. The summed E-state index contributed by atoms with van der Waals surface area (Å²) in [5.41, 5.74) is 2.36. The van der Waals surface area contributed by atoms with Crippen LogP contribution in [0.1, 0.15) is 35.0 Å². The molecule has 1 heterocycles. The molecule has 3 N–H and O–H groups in total. The summed E-state index contributed by atoms with van der Waals surface area (Å²) in [5.74, 6) is 0.0444. The summed E-state index contributed by atoms with van der Waals surface area (Å²) in [5, 5.41) is 9.76. The Balaban J connectivity index is 1.45. The van der Waals surface area contributed by atoms with Gasteiger partial charge in [-0.1, -0.05) is 78.9 Å². The van der Waals surface area contributed by atoms with Crippen LogP contribution >= 0.6 is 11.3 Å². The smallest absolute Gasteiger partial charge is 0.275 e. The van der Waals surface area contributed by atoms with Crippen molar-refractivity contribution in [1.29, 1.82) is 0 Å². The molecule has 4 rings (SSSR count). The third-order valence-electron chi connectivity index (χ3n) is 5.21. The number of thiophene rings is 1. The molecule has 0 aliphatic rings. The van der Waals surface area contributed by atoms with E-state index in [2.05, 4.69) is 70.6 Å². The average molecular weight is 402 g/mol. The van der Waals surface area contributed by atoms with Crippen molar-refractivity contribution < 1.29 is 10.1 Å². The van der Waals surface area contributed by atoms with E-state index >= 15 is 0 Å². The zero-order chi connectivity index (χ0) is 20.1. The van der Waals surface area contributed by atoms with Gasteiger partial charge >= 0.3 is 0 Å². The van der Waals surface area contributed by atoms with E-state index in [0.29, 0.717) is 6.54 Å². The molecule has 0 saturated carbocycles. The van der Waals surface area contributed by atoms with Gasteiger partial charge in [-0.2, -0.15) is 0 Å². The lowest BCUT2D eigenvalue weighted by atomic mass is 10.00. The molecule has 0 unspecified atom stereocenters. The van der Waals surface area contributed by atoms with Crippen LogP contribution in [0.15, 0.2) is 90.3 Å². The van der Waals surface area contributed by atoms with Crippen LogP contribution < -0.4 is 10.6 Å². The molecule has 0 spiro atoms. The van der Waals surface area contributed by atoms with Gasteiger partial charge in [0.2, 0.25) is 0 Å². The monoisotopic (exact) mass is 401 g/mol. The maximum absolute atomic E-state index is 12.7. The molecule has 2 atom stereocenters. The van der Waals surface area contributed by atoms with Crippen molar-refractivity contribution in [1.82, 2.24) is 5.32 Å². The number of nitrogens with one attached hydrogen (secondary N) is 1. The summed E-state index contributed by atoms with van der Waals surface area (Å²) >= 11 is 1.73. The van der Waals surface area contributed by atoms with Gasteiger partial charge in [0.15, 0.2) is 6.54 Å². The Kier molecular flexibility index (Phi) is 6.03.